The molecule has 1 unspecified atom stereocenters. The van der Waals surface area contributed by atoms with E-state index < -0.39 is 11.2 Å². The predicted molar refractivity (Wildman–Crippen MR) is 136 cm³/mol. The average Bonchev–Trinajstić information content (AvgIpc) is 3.38. The van der Waals surface area contributed by atoms with E-state index in [4.69, 9.17) is 5.73 Å². The number of nitrogens with zero attached hydrogens (tertiary/aromatic N) is 3. The fourth-order valence-electron chi connectivity index (χ4n) is 3.95. The normalized spacial score (nSPS) is 12.2. The molecule has 2 aromatic heterocycles. The third-order valence-electron chi connectivity index (χ3n) is 5.78. The Labute approximate surface area is 199 Å². The van der Waals surface area contributed by atoms with Gasteiger partial charge in [-0.3, -0.25) is 4.68 Å². The molecule has 0 saturated carbocycles. The van der Waals surface area contributed by atoms with Crippen LogP contribution in [0.25, 0.3) is 50.6 Å². The first-order valence-corrected chi connectivity index (χ1v) is 12.1. The van der Waals surface area contributed by atoms with E-state index in [0.29, 0.717) is 22.9 Å². The van der Waals surface area contributed by atoms with Crippen molar-refractivity contribution in [3.05, 3.63) is 78.9 Å². The molecule has 0 aliphatic heterocycles. The second-order valence-corrected chi connectivity index (χ2v) is 9.45. The van der Waals surface area contributed by atoms with Gasteiger partial charge in [0, 0.05) is 18.3 Å². The minimum absolute atomic E-state index is 0.0487. The first-order chi connectivity index (χ1) is 16.3. The lowest BCUT2D eigenvalue weighted by Crippen LogP contribution is -1.96. The van der Waals surface area contributed by atoms with Gasteiger partial charge in [-0.2, -0.15) is 5.10 Å². The Morgan fingerprint density at radius 2 is 1.65 bits per heavy atom. The molecular formula is C26H23N5O2S. The summed E-state index contributed by atoms with van der Waals surface area (Å²) in [5, 5.41) is 15.6. The predicted octanol–water partition coefficient (Wildman–Crippen LogP) is 4.67. The molecule has 0 fully saturated rings. The lowest BCUT2D eigenvalue weighted by molar-refractivity contribution is 0.478. The standard InChI is InChI=1S/C26H23N5O2S/c1-15(27)19-10-13-21-22(14-19)29-26(28-21)24-25(32)23(30-31(24)2)18-6-4-16(5-7-18)17-8-11-20(12-9-17)34(3)33/h4-14,32H,1,27H2,2-3H3,(H,28,29). The number of benzene rings is 3. The Morgan fingerprint density at radius 1 is 1.03 bits per heavy atom. The van der Waals surface area contributed by atoms with E-state index in [9.17, 15) is 9.66 Å². The molecule has 4 N–H and O–H groups in total. The first-order valence-electron chi connectivity index (χ1n) is 10.6. The number of imidazole rings is 1. The number of hydrogen-bond donors (Lipinski definition) is 3. The molecular weight excluding hydrogens is 446 g/mol. The van der Waals surface area contributed by atoms with Gasteiger partial charge in [-0.1, -0.05) is 36.9 Å². The van der Waals surface area contributed by atoms with Gasteiger partial charge in [-0.05, 0) is 64.3 Å². The van der Waals surface area contributed by atoms with E-state index in [1.807, 2.05) is 66.7 Å². The van der Waals surface area contributed by atoms with Crippen LogP contribution < -0.4 is 5.73 Å². The smallest absolute Gasteiger partial charge is 0.173 e. The maximum atomic E-state index is 11.6. The van der Waals surface area contributed by atoms with Gasteiger partial charge in [0.1, 0.15) is 17.6 Å². The SMILES string of the molecule is C=C(N)c1ccc2nc(-c3c(O)c(-c4ccc(-c5ccc([S+](C)[O-])cc5)cc4)nn3C)[nH]c2c1. The summed E-state index contributed by atoms with van der Waals surface area (Å²) in [7, 11) is 1.77. The van der Waals surface area contributed by atoms with E-state index in [0.717, 1.165) is 38.2 Å². The number of fused-ring (bicyclic) bond motifs is 1. The fourth-order valence-corrected chi connectivity index (χ4v) is 4.47. The number of aromatic nitrogens is 4. The molecule has 5 aromatic rings. The number of aryl methyl sites for hydroxylation is 1. The highest BCUT2D eigenvalue weighted by Crippen LogP contribution is 2.37. The summed E-state index contributed by atoms with van der Waals surface area (Å²) in [6.07, 6.45) is 1.66. The van der Waals surface area contributed by atoms with Crippen molar-refractivity contribution in [2.45, 2.75) is 4.90 Å². The van der Waals surface area contributed by atoms with Crippen molar-refractivity contribution in [2.75, 3.05) is 6.26 Å². The zero-order valence-electron chi connectivity index (χ0n) is 18.7. The lowest BCUT2D eigenvalue weighted by Gasteiger charge is -2.06. The highest BCUT2D eigenvalue weighted by atomic mass is 32.2. The topological polar surface area (TPSA) is 116 Å². The molecule has 34 heavy (non-hydrogen) atoms. The van der Waals surface area contributed by atoms with E-state index >= 15 is 0 Å². The summed E-state index contributed by atoms with van der Waals surface area (Å²) in [5.74, 6) is 0.561. The molecule has 1 atom stereocenters. The van der Waals surface area contributed by atoms with Gasteiger partial charge in [0.2, 0.25) is 0 Å². The average molecular weight is 470 g/mol. The van der Waals surface area contributed by atoms with Crippen LogP contribution in [0, 0.1) is 0 Å². The highest BCUT2D eigenvalue weighted by Gasteiger charge is 2.21. The third-order valence-corrected chi connectivity index (χ3v) is 6.71. The van der Waals surface area contributed by atoms with Crippen molar-refractivity contribution in [3.63, 3.8) is 0 Å². The second-order valence-electron chi connectivity index (χ2n) is 8.07. The van der Waals surface area contributed by atoms with E-state index in [2.05, 4.69) is 21.6 Å². The summed E-state index contributed by atoms with van der Waals surface area (Å²) < 4.78 is 13.2. The molecule has 0 amide bonds. The molecule has 8 heteroatoms. The highest BCUT2D eigenvalue weighted by molar-refractivity contribution is 7.90. The van der Waals surface area contributed by atoms with Crippen molar-refractivity contribution in [1.82, 2.24) is 19.7 Å². The van der Waals surface area contributed by atoms with Crippen LogP contribution in [-0.4, -0.2) is 35.7 Å². The maximum absolute atomic E-state index is 11.6. The summed E-state index contributed by atoms with van der Waals surface area (Å²) in [6.45, 7) is 3.78. The second kappa shape index (κ2) is 8.40. The Morgan fingerprint density at radius 3 is 2.26 bits per heavy atom. The number of H-pyrrole nitrogens is 1. The van der Waals surface area contributed by atoms with Crippen molar-refractivity contribution in [1.29, 1.82) is 0 Å². The quantitative estimate of drug-likeness (QED) is 0.324. The van der Waals surface area contributed by atoms with E-state index in [1.54, 1.807) is 18.0 Å². The molecule has 0 bridgehead atoms. The molecule has 0 aliphatic rings. The zero-order chi connectivity index (χ0) is 24.0. The first kappa shape index (κ1) is 21.8. The largest absolute Gasteiger partial charge is 0.612 e. The van der Waals surface area contributed by atoms with Crippen LogP contribution in [0.5, 0.6) is 5.75 Å². The number of aromatic hydroxyl groups is 1. The van der Waals surface area contributed by atoms with Gasteiger partial charge >= 0.3 is 0 Å². The van der Waals surface area contributed by atoms with Gasteiger partial charge in [-0.15, -0.1) is 0 Å². The number of nitrogens with two attached hydrogens (primary N) is 1. The third kappa shape index (κ3) is 3.83. The summed E-state index contributed by atoms with van der Waals surface area (Å²) in [6, 6.07) is 21.0. The van der Waals surface area contributed by atoms with Gasteiger partial charge < -0.3 is 20.4 Å². The van der Waals surface area contributed by atoms with Gasteiger partial charge in [-0.25, -0.2) is 4.98 Å². The van der Waals surface area contributed by atoms with Gasteiger partial charge in [0.25, 0.3) is 0 Å². The minimum Gasteiger partial charge on any atom is -0.612 e. The van der Waals surface area contributed by atoms with E-state index in [1.165, 1.54) is 0 Å². The Balaban J connectivity index is 1.48. The monoisotopic (exact) mass is 469 g/mol. The maximum Gasteiger partial charge on any atom is 0.173 e. The van der Waals surface area contributed by atoms with Crippen LogP contribution in [0.1, 0.15) is 5.56 Å². The molecule has 3 aromatic carbocycles. The van der Waals surface area contributed by atoms with Crippen molar-refractivity contribution in [2.24, 2.45) is 12.8 Å². The van der Waals surface area contributed by atoms with Crippen molar-refractivity contribution >= 4 is 27.9 Å². The summed E-state index contributed by atoms with van der Waals surface area (Å²) in [5.41, 5.74) is 12.4. The van der Waals surface area contributed by atoms with Crippen LogP contribution in [0.3, 0.4) is 0 Å². The Kier molecular flexibility index (Phi) is 5.39. The van der Waals surface area contributed by atoms with E-state index in [-0.39, 0.29) is 5.75 Å². The van der Waals surface area contributed by atoms with Crippen LogP contribution in [0.15, 0.2) is 78.2 Å². The van der Waals surface area contributed by atoms with Crippen molar-refractivity contribution < 1.29 is 9.66 Å². The number of rotatable bonds is 5. The number of hydrogen-bond acceptors (Lipinski definition) is 5. The zero-order valence-corrected chi connectivity index (χ0v) is 19.6. The Hall–Kier alpha value is -4.01. The molecule has 2 heterocycles. The molecule has 5 rings (SSSR count). The van der Waals surface area contributed by atoms with Crippen LogP contribution in [0.4, 0.5) is 0 Å². The molecule has 0 saturated heterocycles. The van der Waals surface area contributed by atoms with Crippen LogP contribution in [-0.2, 0) is 18.2 Å². The molecule has 0 radical (unpaired) electrons. The molecule has 170 valence electrons. The molecule has 0 spiro atoms. The van der Waals surface area contributed by atoms with Crippen LogP contribution in [0.2, 0.25) is 0 Å². The van der Waals surface area contributed by atoms with Gasteiger partial charge in [0.05, 0.1) is 11.0 Å². The summed E-state index contributed by atoms with van der Waals surface area (Å²) in [4.78, 5) is 8.66. The molecule has 7 nitrogen and oxygen atoms in total. The summed E-state index contributed by atoms with van der Waals surface area (Å²) >= 11 is -1.01. The number of aromatic amines is 1. The molecule has 0 aliphatic carbocycles. The minimum atomic E-state index is -1.01. The van der Waals surface area contributed by atoms with Gasteiger partial charge in [0.15, 0.2) is 16.5 Å². The van der Waals surface area contributed by atoms with Crippen LogP contribution >= 0.6 is 0 Å². The number of nitrogens with one attached hydrogen (secondary N) is 1. The lowest BCUT2D eigenvalue weighted by atomic mass is 10.0. The fraction of sp³-hybridized carbons (Fsp3) is 0.0769. The Bertz CT molecular complexity index is 1520. The van der Waals surface area contributed by atoms with Crippen molar-refractivity contribution in [3.8, 4) is 39.7 Å².